The molecule has 1 aliphatic heterocycles. The maximum absolute atomic E-state index is 13.3. The van der Waals surface area contributed by atoms with Crippen molar-refractivity contribution in [1.29, 1.82) is 0 Å². The Morgan fingerprint density at radius 1 is 1.27 bits per heavy atom. The number of hydrogen-bond acceptors (Lipinski definition) is 2. The summed E-state index contributed by atoms with van der Waals surface area (Å²) in [5, 5.41) is 7.24. The Kier molecular flexibility index (Phi) is 4.00. The van der Waals surface area contributed by atoms with Gasteiger partial charge in [0.25, 0.3) is 0 Å². The number of nitrogens with zero attached hydrogens (tertiary/aromatic N) is 2. The highest BCUT2D eigenvalue weighted by Crippen LogP contribution is 2.29. The van der Waals surface area contributed by atoms with Gasteiger partial charge in [-0.1, -0.05) is 19.9 Å². The fourth-order valence-corrected chi connectivity index (χ4v) is 3.20. The van der Waals surface area contributed by atoms with Crippen LogP contribution in [-0.4, -0.2) is 28.2 Å². The van der Waals surface area contributed by atoms with Gasteiger partial charge in [0.15, 0.2) is 11.6 Å². The van der Waals surface area contributed by atoms with Crippen molar-refractivity contribution in [2.75, 3.05) is 13.1 Å². The summed E-state index contributed by atoms with van der Waals surface area (Å²) in [6, 6.07) is 4.15. The number of nitrogens with one attached hydrogen (secondary N) is 1. The summed E-state index contributed by atoms with van der Waals surface area (Å²) in [5.41, 5.74) is 3.43. The van der Waals surface area contributed by atoms with E-state index in [2.05, 4.69) is 28.9 Å². The van der Waals surface area contributed by atoms with Crippen LogP contribution in [0.4, 0.5) is 8.78 Å². The van der Waals surface area contributed by atoms with E-state index in [1.165, 1.54) is 23.4 Å². The number of fused-ring (bicyclic) bond motifs is 1. The van der Waals surface area contributed by atoms with Crippen LogP contribution in [0, 0.1) is 17.0 Å². The van der Waals surface area contributed by atoms with Crippen molar-refractivity contribution in [3.05, 3.63) is 52.9 Å². The summed E-state index contributed by atoms with van der Waals surface area (Å²) in [4.78, 5) is 2.36. The molecule has 0 bridgehead atoms. The lowest BCUT2D eigenvalue weighted by atomic mass is 9.88. The number of aromatic amines is 1. The van der Waals surface area contributed by atoms with E-state index in [1.54, 1.807) is 6.07 Å². The SMILES string of the molecule is CC1(C)Cc2[nH]ncc2CN(CCc2ccc(F)c(F)c2)C1. The summed E-state index contributed by atoms with van der Waals surface area (Å²) in [6.07, 6.45) is 3.58. The summed E-state index contributed by atoms with van der Waals surface area (Å²) < 4.78 is 26.3. The summed E-state index contributed by atoms with van der Waals surface area (Å²) >= 11 is 0. The first kappa shape index (κ1) is 15.2. The van der Waals surface area contributed by atoms with E-state index in [0.29, 0.717) is 6.42 Å². The van der Waals surface area contributed by atoms with Crippen LogP contribution < -0.4 is 0 Å². The van der Waals surface area contributed by atoms with Gasteiger partial charge >= 0.3 is 0 Å². The average Bonchev–Trinajstić information content (AvgIpc) is 2.81. The minimum atomic E-state index is -0.789. The van der Waals surface area contributed by atoms with Gasteiger partial charge in [-0.05, 0) is 36.0 Å². The van der Waals surface area contributed by atoms with Gasteiger partial charge in [-0.2, -0.15) is 5.10 Å². The van der Waals surface area contributed by atoms with Crippen LogP contribution in [0.1, 0.15) is 30.7 Å². The number of halogens is 2. The van der Waals surface area contributed by atoms with E-state index in [4.69, 9.17) is 0 Å². The van der Waals surface area contributed by atoms with Gasteiger partial charge in [0.2, 0.25) is 0 Å². The molecular weight excluding hydrogens is 284 g/mol. The third-order valence-corrected chi connectivity index (χ3v) is 4.21. The smallest absolute Gasteiger partial charge is 0.159 e. The van der Waals surface area contributed by atoms with Gasteiger partial charge in [0.05, 0.1) is 6.20 Å². The number of aromatic nitrogens is 2. The zero-order chi connectivity index (χ0) is 15.7. The number of benzene rings is 1. The highest BCUT2D eigenvalue weighted by Gasteiger charge is 2.28. The van der Waals surface area contributed by atoms with Crippen LogP contribution in [0.25, 0.3) is 0 Å². The Hall–Kier alpha value is -1.75. The number of H-pyrrole nitrogens is 1. The normalized spacial score (nSPS) is 18.0. The van der Waals surface area contributed by atoms with Crippen molar-refractivity contribution >= 4 is 0 Å². The van der Waals surface area contributed by atoms with Crippen LogP contribution in [0.15, 0.2) is 24.4 Å². The Bertz CT molecular complexity index is 664. The van der Waals surface area contributed by atoms with Crippen LogP contribution in [-0.2, 0) is 19.4 Å². The van der Waals surface area contributed by atoms with Crippen molar-refractivity contribution < 1.29 is 8.78 Å². The maximum Gasteiger partial charge on any atom is 0.159 e. The Balaban J connectivity index is 1.70. The molecule has 0 saturated heterocycles. The molecule has 0 atom stereocenters. The number of rotatable bonds is 3. The molecule has 1 N–H and O–H groups in total. The van der Waals surface area contributed by atoms with Gasteiger partial charge in [-0.25, -0.2) is 8.78 Å². The van der Waals surface area contributed by atoms with Crippen molar-refractivity contribution in [2.24, 2.45) is 5.41 Å². The van der Waals surface area contributed by atoms with Crippen molar-refractivity contribution in [3.8, 4) is 0 Å². The molecule has 1 aromatic heterocycles. The zero-order valence-electron chi connectivity index (χ0n) is 13.0. The molecule has 1 aliphatic rings. The van der Waals surface area contributed by atoms with Crippen LogP contribution in [0.2, 0.25) is 0 Å². The second-order valence-corrected chi connectivity index (χ2v) is 6.92. The van der Waals surface area contributed by atoms with Crippen LogP contribution >= 0.6 is 0 Å². The molecule has 0 saturated carbocycles. The molecule has 2 heterocycles. The maximum atomic E-state index is 13.3. The highest BCUT2D eigenvalue weighted by molar-refractivity contribution is 5.21. The summed E-state index contributed by atoms with van der Waals surface area (Å²) in [6.45, 7) is 7.12. The van der Waals surface area contributed by atoms with Crippen molar-refractivity contribution in [3.63, 3.8) is 0 Å². The molecule has 0 aliphatic carbocycles. The van der Waals surface area contributed by atoms with Gasteiger partial charge in [-0.15, -0.1) is 0 Å². The van der Waals surface area contributed by atoms with Gasteiger partial charge < -0.3 is 0 Å². The third-order valence-electron chi connectivity index (χ3n) is 4.21. The van der Waals surface area contributed by atoms with E-state index in [9.17, 15) is 8.78 Å². The molecule has 0 unspecified atom stereocenters. The Morgan fingerprint density at radius 2 is 2.09 bits per heavy atom. The predicted molar refractivity (Wildman–Crippen MR) is 81.4 cm³/mol. The largest absolute Gasteiger partial charge is 0.298 e. The highest BCUT2D eigenvalue weighted by atomic mass is 19.2. The quantitative estimate of drug-likeness (QED) is 0.943. The molecule has 22 heavy (non-hydrogen) atoms. The van der Waals surface area contributed by atoms with Crippen LogP contribution in [0.3, 0.4) is 0 Å². The molecule has 2 aromatic rings. The monoisotopic (exact) mass is 305 g/mol. The first-order chi connectivity index (χ1) is 10.4. The molecule has 0 spiro atoms. The number of hydrogen-bond donors (Lipinski definition) is 1. The lowest BCUT2D eigenvalue weighted by Crippen LogP contribution is -2.34. The molecule has 5 heteroatoms. The Morgan fingerprint density at radius 3 is 2.86 bits per heavy atom. The second kappa shape index (κ2) is 5.80. The molecule has 0 radical (unpaired) electrons. The molecule has 3 nitrogen and oxygen atoms in total. The first-order valence-electron chi connectivity index (χ1n) is 7.60. The van der Waals surface area contributed by atoms with E-state index >= 15 is 0 Å². The molecule has 1 aromatic carbocycles. The standard InChI is InChI=1S/C17H21F2N3/c1-17(2)8-16-13(9-20-21-16)10-22(11-17)6-5-12-3-4-14(18)15(19)7-12/h3-4,7,9H,5-6,8,10-11H2,1-2H3,(H,20,21). The van der Waals surface area contributed by atoms with Gasteiger partial charge in [-0.3, -0.25) is 10.00 Å². The van der Waals surface area contributed by atoms with E-state index in [-0.39, 0.29) is 5.41 Å². The molecule has 0 amide bonds. The lowest BCUT2D eigenvalue weighted by Gasteiger charge is -2.29. The molecule has 3 rings (SSSR count). The topological polar surface area (TPSA) is 31.9 Å². The predicted octanol–water partition coefficient (Wildman–Crippen LogP) is 3.31. The molecular formula is C17H21F2N3. The van der Waals surface area contributed by atoms with E-state index < -0.39 is 11.6 Å². The molecule has 118 valence electrons. The minimum Gasteiger partial charge on any atom is -0.298 e. The van der Waals surface area contributed by atoms with Gasteiger partial charge in [0.1, 0.15) is 0 Å². The van der Waals surface area contributed by atoms with Crippen molar-refractivity contribution in [1.82, 2.24) is 15.1 Å². The first-order valence-corrected chi connectivity index (χ1v) is 7.60. The summed E-state index contributed by atoms with van der Waals surface area (Å²) in [7, 11) is 0. The van der Waals surface area contributed by atoms with Crippen LogP contribution in [0.5, 0.6) is 0 Å². The van der Waals surface area contributed by atoms with E-state index in [1.807, 2.05) is 6.20 Å². The lowest BCUT2D eigenvalue weighted by molar-refractivity contribution is 0.182. The van der Waals surface area contributed by atoms with Gasteiger partial charge in [0, 0.05) is 30.9 Å². The third kappa shape index (κ3) is 3.35. The minimum absolute atomic E-state index is 0.159. The fraction of sp³-hybridized carbons (Fsp3) is 0.471. The van der Waals surface area contributed by atoms with E-state index in [0.717, 1.165) is 31.6 Å². The summed E-state index contributed by atoms with van der Waals surface area (Å²) in [5.74, 6) is -1.56. The second-order valence-electron chi connectivity index (χ2n) is 6.92. The average molecular weight is 305 g/mol. The molecule has 0 fully saturated rings. The van der Waals surface area contributed by atoms with Crippen molar-refractivity contribution in [2.45, 2.75) is 33.2 Å². The zero-order valence-corrected chi connectivity index (χ0v) is 13.0. The Labute approximate surface area is 129 Å². The fourth-order valence-electron chi connectivity index (χ4n) is 3.20.